The number of nitrogens with two attached hydrogens (primary N) is 1. The van der Waals surface area contributed by atoms with Gasteiger partial charge in [0.25, 0.3) is 0 Å². The van der Waals surface area contributed by atoms with Crippen LogP contribution in [0.1, 0.15) is 46.0 Å². The number of amides is 1. The molecule has 3 nitrogen and oxygen atoms in total. The Morgan fingerprint density at radius 3 is 2.47 bits per heavy atom. The van der Waals surface area contributed by atoms with Crippen molar-refractivity contribution in [2.24, 2.45) is 11.1 Å². The SMILES string of the molecule is CCC1(C)CCN(C(=O)CCCN)CC1. The van der Waals surface area contributed by atoms with Crippen molar-refractivity contribution in [2.45, 2.75) is 46.0 Å². The largest absolute Gasteiger partial charge is 0.343 e. The number of carbonyl (C=O) groups excluding carboxylic acids is 1. The van der Waals surface area contributed by atoms with E-state index in [1.54, 1.807) is 0 Å². The second kappa shape index (κ2) is 5.50. The van der Waals surface area contributed by atoms with Gasteiger partial charge in [-0.05, 0) is 31.2 Å². The van der Waals surface area contributed by atoms with Crippen LogP contribution in [0.4, 0.5) is 0 Å². The maximum absolute atomic E-state index is 11.7. The van der Waals surface area contributed by atoms with Crippen LogP contribution in [0.3, 0.4) is 0 Å². The highest BCUT2D eigenvalue weighted by atomic mass is 16.2. The van der Waals surface area contributed by atoms with Crippen molar-refractivity contribution in [3.05, 3.63) is 0 Å². The Morgan fingerprint density at radius 2 is 2.00 bits per heavy atom. The molecule has 1 amide bonds. The van der Waals surface area contributed by atoms with Gasteiger partial charge in [-0.1, -0.05) is 20.3 Å². The fourth-order valence-corrected chi connectivity index (χ4v) is 2.06. The third-order valence-corrected chi connectivity index (χ3v) is 3.77. The molecular formula is C12H24N2O. The summed E-state index contributed by atoms with van der Waals surface area (Å²) in [5.41, 5.74) is 5.86. The lowest BCUT2D eigenvalue weighted by atomic mass is 9.78. The van der Waals surface area contributed by atoms with Crippen LogP contribution in [0.15, 0.2) is 0 Å². The Balaban J connectivity index is 2.33. The number of piperidine rings is 1. The zero-order valence-corrected chi connectivity index (χ0v) is 10.1. The molecule has 1 fully saturated rings. The number of carbonyl (C=O) groups is 1. The molecule has 0 atom stereocenters. The Hall–Kier alpha value is -0.570. The minimum absolute atomic E-state index is 0.290. The van der Waals surface area contributed by atoms with E-state index in [0.717, 1.165) is 32.4 Å². The first-order valence-electron chi connectivity index (χ1n) is 6.09. The number of likely N-dealkylation sites (tertiary alicyclic amines) is 1. The van der Waals surface area contributed by atoms with Gasteiger partial charge >= 0.3 is 0 Å². The van der Waals surface area contributed by atoms with Crippen molar-refractivity contribution in [1.29, 1.82) is 0 Å². The van der Waals surface area contributed by atoms with E-state index in [9.17, 15) is 4.79 Å². The van der Waals surface area contributed by atoms with Crippen molar-refractivity contribution in [1.82, 2.24) is 4.90 Å². The molecule has 1 aliphatic rings. The van der Waals surface area contributed by atoms with Crippen LogP contribution in [0.2, 0.25) is 0 Å². The van der Waals surface area contributed by atoms with Gasteiger partial charge in [0.05, 0.1) is 0 Å². The molecule has 0 aromatic rings. The van der Waals surface area contributed by atoms with E-state index in [1.165, 1.54) is 6.42 Å². The van der Waals surface area contributed by atoms with Crippen molar-refractivity contribution in [2.75, 3.05) is 19.6 Å². The van der Waals surface area contributed by atoms with Gasteiger partial charge in [-0.3, -0.25) is 4.79 Å². The molecule has 0 bridgehead atoms. The van der Waals surface area contributed by atoms with Gasteiger partial charge < -0.3 is 10.6 Å². The van der Waals surface area contributed by atoms with Gasteiger partial charge in [0.1, 0.15) is 0 Å². The number of rotatable bonds is 4. The first-order chi connectivity index (χ1) is 7.11. The van der Waals surface area contributed by atoms with Gasteiger partial charge in [0, 0.05) is 19.5 Å². The predicted molar refractivity (Wildman–Crippen MR) is 62.5 cm³/mol. The van der Waals surface area contributed by atoms with E-state index in [-0.39, 0.29) is 0 Å². The molecule has 0 aliphatic carbocycles. The molecule has 88 valence electrons. The molecule has 0 aromatic carbocycles. The lowest BCUT2D eigenvalue weighted by Crippen LogP contribution is -2.41. The van der Waals surface area contributed by atoms with E-state index in [4.69, 9.17) is 5.73 Å². The highest BCUT2D eigenvalue weighted by Crippen LogP contribution is 2.33. The second-order valence-corrected chi connectivity index (χ2v) is 4.94. The maximum atomic E-state index is 11.7. The highest BCUT2D eigenvalue weighted by molar-refractivity contribution is 5.76. The fraction of sp³-hybridized carbons (Fsp3) is 0.917. The van der Waals surface area contributed by atoms with E-state index < -0.39 is 0 Å². The van der Waals surface area contributed by atoms with E-state index in [1.807, 2.05) is 4.90 Å². The lowest BCUT2D eigenvalue weighted by Gasteiger charge is -2.39. The minimum atomic E-state index is 0.290. The minimum Gasteiger partial charge on any atom is -0.343 e. The third kappa shape index (κ3) is 3.49. The summed E-state index contributed by atoms with van der Waals surface area (Å²) >= 11 is 0. The number of hydrogen-bond acceptors (Lipinski definition) is 2. The summed E-state index contributed by atoms with van der Waals surface area (Å²) < 4.78 is 0. The van der Waals surface area contributed by atoms with Gasteiger partial charge in [0.2, 0.25) is 5.91 Å². The molecule has 3 heteroatoms. The molecule has 0 radical (unpaired) electrons. The molecule has 2 N–H and O–H groups in total. The van der Waals surface area contributed by atoms with Gasteiger partial charge in [-0.2, -0.15) is 0 Å². The molecule has 1 aliphatic heterocycles. The van der Waals surface area contributed by atoms with Crippen LogP contribution in [0.5, 0.6) is 0 Å². The van der Waals surface area contributed by atoms with E-state index in [0.29, 0.717) is 24.3 Å². The summed E-state index contributed by atoms with van der Waals surface area (Å²) in [4.78, 5) is 13.7. The summed E-state index contributed by atoms with van der Waals surface area (Å²) in [6.45, 7) is 7.06. The standard InChI is InChI=1S/C12H24N2O/c1-3-12(2)6-9-14(10-7-12)11(15)5-4-8-13/h3-10,13H2,1-2H3. The Labute approximate surface area is 93.0 Å². The van der Waals surface area contributed by atoms with Crippen LogP contribution in [0.25, 0.3) is 0 Å². The van der Waals surface area contributed by atoms with Crippen LogP contribution in [0, 0.1) is 5.41 Å². The van der Waals surface area contributed by atoms with Crippen molar-refractivity contribution in [3.63, 3.8) is 0 Å². The number of nitrogens with zero attached hydrogens (tertiary/aromatic N) is 1. The molecule has 0 aromatic heterocycles. The molecule has 1 saturated heterocycles. The lowest BCUT2D eigenvalue weighted by molar-refractivity contribution is -0.133. The first-order valence-corrected chi connectivity index (χ1v) is 6.09. The number of hydrogen-bond donors (Lipinski definition) is 1. The second-order valence-electron chi connectivity index (χ2n) is 4.94. The maximum Gasteiger partial charge on any atom is 0.222 e. The molecule has 1 heterocycles. The van der Waals surface area contributed by atoms with Crippen LogP contribution >= 0.6 is 0 Å². The summed E-state index contributed by atoms with van der Waals surface area (Å²) in [6, 6.07) is 0. The van der Waals surface area contributed by atoms with Crippen LogP contribution < -0.4 is 5.73 Å². The summed E-state index contributed by atoms with van der Waals surface area (Å²) in [7, 11) is 0. The Kier molecular flexibility index (Phi) is 4.58. The van der Waals surface area contributed by atoms with Gasteiger partial charge in [-0.15, -0.1) is 0 Å². The molecule has 0 saturated carbocycles. The monoisotopic (exact) mass is 212 g/mol. The first kappa shape index (κ1) is 12.5. The smallest absolute Gasteiger partial charge is 0.222 e. The molecule has 0 spiro atoms. The third-order valence-electron chi connectivity index (χ3n) is 3.77. The van der Waals surface area contributed by atoms with Gasteiger partial charge in [-0.25, -0.2) is 0 Å². The molecular weight excluding hydrogens is 188 g/mol. The summed E-state index contributed by atoms with van der Waals surface area (Å²) in [6.07, 6.45) is 4.97. The van der Waals surface area contributed by atoms with Crippen molar-refractivity contribution < 1.29 is 4.79 Å². The zero-order chi connectivity index (χ0) is 11.3. The van der Waals surface area contributed by atoms with E-state index in [2.05, 4.69) is 13.8 Å². The predicted octanol–water partition coefficient (Wildman–Crippen LogP) is 1.76. The van der Waals surface area contributed by atoms with Crippen LogP contribution in [-0.2, 0) is 4.79 Å². The van der Waals surface area contributed by atoms with E-state index >= 15 is 0 Å². The van der Waals surface area contributed by atoms with Crippen molar-refractivity contribution in [3.8, 4) is 0 Å². The fourth-order valence-electron chi connectivity index (χ4n) is 2.06. The topological polar surface area (TPSA) is 46.3 Å². The zero-order valence-electron chi connectivity index (χ0n) is 10.1. The summed E-state index contributed by atoms with van der Waals surface area (Å²) in [5, 5.41) is 0. The average Bonchev–Trinajstić information content (AvgIpc) is 2.27. The normalized spacial score (nSPS) is 20.3. The molecule has 1 rings (SSSR count). The van der Waals surface area contributed by atoms with Gasteiger partial charge in [0.15, 0.2) is 0 Å². The average molecular weight is 212 g/mol. The van der Waals surface area contributed by atoms with Crippen molar-refractivity contribution >= 4 is 5.91 Å². The quantitative estimate of drug-likeness (QED) is 0.772. The Morgan fingerprint density at radius 1 is 1.40 bits per heavy atom. The molecule has 0 unspecified atom stereocenters. The Bertz CT molecular complexity index is 208. The van der Waals surface area contributed by atoms with Crippen LogP contribution in [-0.4, -0.2) is 30.4 Å². The molecule has 15 heavy (non-hydrogen) atoms. The highest BCUT2D eigenvalue weighted by Gasteiger charge is 2.29. The summed E-state index contributed by atoms with van der Waals surface area (Å²) in [5.74, 6) is 0.290.